The van der Waals surface area contributed by atoms with Gasteiger partial charge in [-0.05, 0) is 30.2 Å². The standard InChI is InChI=1S/C16H19NO2/c1-13(17)15-8-5-9-16(10-15)19-12-18-11-14-6-3-2-4-7-14/h2-10,13H,11-12,17H2,1H3/t13-/m1/s1. The first kappa shape index (κ1) is 13.6. The van der Waals surface area contributed by atoms with Gasteiger partial charge in [-0.15, -0.1) is 0 Å². The number of benzene rings is 2. The van der Waals surface area contributed by atoms with Crippen molar-refractivity contribution in [1.82, 2.24) is 0 Å². The zero-order valence-electron chi connectivity index (χ0n) is 11.1. The van der Waals surface area contributed by atoms with Gasteiger partial charge in [0.2, 0.25) is 0 Å². The molecule has 0 bridgehead atoms. The Morgan fingerprint density at radius 3 is 2.58 bits per heavy atom. The van der Waals surface area contributed by atoms with Crippen LogP contribution in [0, 0.1) is 0 Å². The van der Waals surface area contributed by atoms with Crippen LogP contribution < -0.4 is 10.5 Å². The lowest BCUT2D eigenvalue weighted by atomic mass is 10.1. The number of nitrogens with two attached hydrogens (primary N) is 1. The minimum Gasteiger partial charge on any atom is -0.468 e. The lowest BCUT2D eigenvalue weighted by Gasteiger charge is -2.10. The van der Waals surface area contributed by atoms with Crippen molar-refractivity contribution in [3.05, 3.63) is 65.7 Å². The summed E-state index contributed by atoms with van der Waals surface area (Å²) in [4.78, 5) is 0. The fraction of sp³-hybridized carbons (Fsp3) is 0.250. The van der Waals surface area contributed by atoms with E-state index in [1.165, 1.54) is 0 Å². The second-order valence-corrected chi connectivity index (χ2v) is 4.46. The molecule has 0 amide bonds. The Labute approximate surface area is 114 Å². The molecule has 0 fully saturated rings. The van der Waals surface area contributed by atoms with Crippen molar-refractivity contribution in [1.29, 1.82) is 0 Å². The monoisotopic (exact) mass is 257 g/mol. The molecule has 2 rings (SSSR count). The van der Waals surface area contributed by atoms with Gasteiger partial charge in [-0.3, -0.25) is 0 Å². The number of hydrogen-bond acceptors (Lipinski definition) is 3. The molecule has 2 N–H and O–H groups in total. The summed E-state index contributed by atoms with van der Waals surface area (Å²) in [5.74, 6) is 0.780. The molecule has 0 saturated carbocycles. The van der Waals surface area contributed by atoms with Crippen molar-refractivity contribution in [2.24, 2.45) is 5.73 Å². The average molecular weight is 257 g/mol. The summed E-state index contributed by atoms with van der Waals surface area (Å²) in [7, 11) is 0. The second-order valence-electron chi connectivity index (χ2n) is 4.46. The first-order valence-corrected chi connectivity index (χ1v) is 6.36. The molecule has 0 saturated heterocycles. The van der Waals surface area contributed by atoms with E-state index >= 15 is 0 Å². The third-order valence-electron chi connectivity index (χ3n) is 2.80. The van der Waals surface area contributed by atoms with E-state index in [4.69, 9.17) is 15.2 Å². The van der Waals surface area contributed by atoms with Crippen LogP contribution in [0.2, 0.25) is 0 Å². The highest BCUT2D eigenvalue weighted by Crippen LogP contribution is 2.17. The lowest BCUT2D eigenvalue weighted by Crippen LogP contribution is -2.06. The topological polar surface area (TPSA) is 44.5 Å². The highest BCUT2D eigenvalue weighted by molar-refractivity contribution is 5.30. The molecule has 100 valence electrons. The fourth-order valence-corrected chi connectivity index (χ4v) is 1.73. The van der Waals surface area contributed by atoms with E-state index in [0.29, 0.717) is 6.61 Å². The Morgan fingerprint density at radius 2 is 1.84 bits per heavy atom. The molecule has 3 nitrogen and oxygen atoms in total. The summed E-state index contributed by atoms with van der Waals surface area (Å²) in [5, 5.41) is 0. The minimum absolute atomic E-state index is 0.00814. The Balaban J connectivity index is 1.78. The molecule has 0 unspecified atom stereocenters. The van der Waals surface area contributed by atoms with Gasteiger partial charge in [0.1, 0.15) is 5.75 Å². The summed E-state index contributed by atoms with van der Waals surface area (Å²) >= 11 is 0. The van der Waals surface area contributed by atoms with Crippen LogP contribution in [-0.4, -0.2) is 6.79 Å². The molecule has 0 aromatic heterocycles. The largest absolute Gasteiger partial charge is 0.468 e. The van der Waals surface area contributed by atoms with Gasteiger partial charge in [0.05, 0.1) is 6.61 Å². The van der Waals surface area contributed by atoms with Crippen LogP contribution in [0.15, 0.2) is 54.6 Å². The van der Waals surface area contributed by atoms with Gasteiger partial charge in [0.25, 0.3) is 0 Å². The fourth-order valence-electron chi connectivity index (χ4n) is 1.73. The van der Waals surface area contributed by atoms with Gasteiger partial charge in [-0.25, -0.2) is 0 Å². The Morgan fingerprint density at radius 1 is 1.05 bits per heavy atom. The van der Waals surface area contributed by atoms with E-state index < -0.39 is 0 Å². The maximum absolute atomic E-state index is 5.83. The first-order valence-electron chi connectivity index (χ1n) is 6.36. The highest BCUT2D eigenvalue weighted by atomic mass is 16.7. The summed E-state index contributed by atoms with van der Waals surface area (Å²) in [5.41, 5.74) is 8.02. The molecule has 1 atom stereocenters. The minimum atomic E-state index is 0.00814. The van der Waals surface area contributed by atoms with Gasteiger partial charge in [0.15, 0.2) is 6.79 Å². The zero-order chi connectivity index (χ0) is 13.5. The second kappa shape index (κ2) is 6.92. The third-order valence-corrected chi connectivity index (χ3v) is 2.80. The number of rotatable bonds is 6. The van der Waals surface area contributed by atoms with Crippen molar-refractivity contribution in [2.45, 2.75) is 19.6 Å². The van der Waals surface area contributed by atoms with Crippen LogP contribution in [-0.2, 0) is 11.3 Å². The molecule has 0 aliphatic heterocycles. The predicted octanol–water partition coefficient (Wildman–Crippen LogP) is 3.26. The SMILES string of the molecule is C[C@@H](N)c1cccc(OCOCc2ccccc2)c1. The number of hydrogen-bond donors (Lipinski definition) is 1. The van der Waals surface area contributed by atoms with Crippen molar-refractivity contribution in [2.75, 3.05) is 6.79 Å². The molecule has 0 heterocycles. The predicted molar refractivity (Wildman–Crippen MR) is 75.8 cm³/mol. The molecule has 3 heteroatoms. The summed E-state index contributed by atoms with van der Waals surface area (Å²) < 4.78 is 11.0. The Hall–Kier alpha value is -1.84. The molecule has 2 aromatic carbocycles. The molecule has 0 radical (unpaired) electrons. The van der Waals surface area contributed by atoms with Crippen molar-refractivity contribution >= 4 is 0 Å². The van der Waals surface area contributed by atoms with Crippen molar-refractivity contribution in [3.8, 4) is 5.75 Å². The van der Waals surface area contributed by atoms with Gasteiger partial charge in [-0.1, -0.05) is 42.5 Å². The smallest absolute Gasteiger partial charge is 0.189 e. The van der Waals surface area contributed by atoms with Gasteiger partial charge >= 0.3 is 0 Å². The average Bonchev–Trinajstić information content (AvgIpc) is 2.45. The molecular formula is C16H19NO2. The highest BCUT2D eigenvalue weighted by Gasteiger charge is 2.01. The lowest BCUT2D eigenvalue weighted by molar-refractivity contribution is 0.00500. The van der Waals surface area contributed by atoms with Gasteiger partial charge in [0, 0.05) is 6.04 Å². The van der Waals surface area contributed by atoms with E-state index in [0.717, 1.165) is 16.9 Å². The molecule has 0 spiro atoms. The maximum atomic E-state index is 5.83. The van der Waals surface area contributed by atoms with E-state index in [1.807, 2.05) is 61.5 Å². The molecular weight excluding hydrogens is 238 g/mol. The van der Waals surface area contributed by atoms with Crippen LogP contribution in [0.25, 0.3) is 0 Å². The normalized spacial score (nSPS) is 12.1. The van der Waals surface area contributed by atoms with E-state index in [-0.39, 0.29) is 12.8 Å². The van der Waals surface area contributed by atoms with Gasteiger partial charge < -0.3 is 15.2 Å². The summed E-state index contributed by atoms with van der Waals surface area (Å²) in [6.45, 7) is 2.73. The van der Waals surface area contributed by atoms with Crippen LogP contribution in [0.4, 0.5) is 0 Å². The van der Waals surface area contributed by atoms with E-state index in [2.05, 4.69) is 0 Å². The van der Waals surface area contributed by atoms with E-state index in [1.54, 1.807) is 0 Å². The molecule has 2 aromatic rings. The third kappa shape index (κ3) is 4.39. The van der Waals surface area contributed by atoms with Crippen LogP contribution in [0.1, 0.15) is 24.1 Å². The van der Waals surface area contributed by atoms with E-state index in [9.17, 15) is 0 Å². The van der Waals surface area contributed by atoms with Crippen LogP contribution >= 0.6 is 0 Å². The quantitative estimate of drug-likeness (QED) is 0.638. The van der Waals surface area contributed by atoms with Crippen LogP contribution in [0.3, 0.4) is 0 Å². The van der Waals surface area contributed by atoms with Crippen molar-refractivity contribution < 1.29 is 9.47 Å². The molecule has 0 aliphatic carbocycles. The Kier molecular flexibility index (Phi) is 4.95. The Bertz CT molecular complexity index is 497. The zero-order valence-corrected chi connectivity index (χ0v) is 11.1. The molecule has 0 aliphatic rings. The first-order chi connectivity index (χ1) is 9.25. The molecule has 19 heavy (non-hydrogen) atoms. The summed E-state index contributed by atoms with van der Waals surface area (Å²) in [6.07, 6.45) is 0. The van der Waals surface area contributed by atoms with Crippen LogP contribution in [0.5, 0.6) is 5.75 Å². The van der Waals surface area contributed by atoms with Crippen molar-refractivity contribution in [3.63, 3.8) is 0 Å². The maximum Gasteiger partial charge on any atom is 0.189 e. The van der Waals surface area contributed by atoms with Gasteiger partial charge in [-0.2, -0.15) is 0 Å². The summed E-state index contributed by atoms with van der Waals surface area (Å²) in [6, 6.07) is 17.8. The number of ether oxygens (including phenoxy) is 2.